The zero-order chi connectivity index (χ0) is 14.7. The molecule has 0 saturated carbocycles. The van der Waals surface area contributed by atoms with Gasteiger partial charge < -0.3 is 5.32 Å². The Hall–Kier alpha value is -0.970. The lowest BCUT2D eigenvalue weighted by atomic mass is 9.95. The molecule has 0 radical (unpaired) electrons. The minimum absolute atomic E-state index is 0.0578. The van der Waals surface area contributed by atoms with Gasteiger partial charge in [0.1, 0.15) is 5.82 Å². The molecule has 0 heterocycles. The normalized spacial score (nSPS) is 15.1. The van der Waals surface area contributed by atoms with Crippen LogP contribution in [0.15, 0.2) is 18.2 Å². The highest BCUT2D eigenvalue weighted by Gasteiger charge is 2.31. The summed E-state index contributed by atoms with van der Waals surface area (Å²) in [5.41, 5.74) is -1.38. The van der Waals surface area contributed by atoms with Crippen LogP contribution in [0.25, 0.3) is 0 Å². The minimum Gasteiger partial charge on any atom is -0.377 e. The average Bonchev–Trinajstić information content (AvgIpc) is 2.31. The summed E-state index contributed by atoms with van der Waals surface area (Å²) in [6.45, 7) is 3.76. The van der Waals surface area contributed by atoms with Gasteiger partial charge in [-0.25, -0.2) is 4.39 Å². The SMILES string of the molecule is CCC(C)(CCCl)Nc1ccc(C(F)(F)F)cc1F. The van der Waals surface area contributed by atoms with Crippen LogP contribution in [0.2, 0.25) is 0 Å². The van der Waals surface area contributed by atoms with E-state index < -0.39 is 23.1 Å². The summed E-state index contributed by atoms with van der Waals surface area (Å²) in [6, 6.07) is 2.47. The lowest BCUT2D eigenvalue weighted by Crippen LogP contribution is -2.34. The van der Waals surface area contributed by atoms with Gasteiger partial charge in [-0.15, -0.1) is 11.6 Å². The smallest absolute Gasteiger partial charge is 0.377 e. The van der Waals surface area contributed by atoms with Crippen LogP contribution >= 0.6 is 11.6 Å². The number of rotatable bonds is 5. The van der Waals surface area contributed by atoms with E-state index in [-0.39, 0.29) is 5.69 Å². The van der Waals surface area contributed by atoms with Crippen molar-refractivity contribution in [3.05, 3.63) is 29.6 Å². The Labute approximate surface area is 115 Å². The Morgan fingerprint density at radius 2 is 1.89 bits per heavy atom. The molecular weight excluding hydrogens is 282 g/mol. The first-order valence-electron chi connectivity index (χ1n) is 5.93. The third-order valence-electron chi connectivity index (χ3n) is 3.16. The molecule has 1 nitrogen and oxygen atoms in total. The summed E-state index contributed by atoms with van der Waals surface area (Å²) in [4.78, 5) is 0. The summed E-state index contributed by atoms with van der Waals surface area (Å²) >= 11 is 5.67. The van der Waals surface area contributed by atoms with E-state index in [1.54, 1.807) is 0 Å². The highest BCUT2D eigenvalue weighted by molar-refractivity contribution is 6.17. The monoisotopic (exact) mass is 297 g/mol. The van der Waals surface area contributed by atoms with Gasteiger partial charge in [0, 0.05) is 11.4 Å². The Kier molecular flexibility index (Phi) is 5.07. The van der Waals surface area contributed by atoms with Crippen molar-refractivity contribution in [2.75, 3.05) is 11.2 Å². The van der Waals surface area contributed by atoms with E-state index in [1.807, 2.05) is 13.8 Å². The molecule has 0 aliphatic carbocycles. The van der Waals surface area contributed by atoms with Gasteiger partial charge in [-0.2, -0.15) is 13.2 Å². The fourth-order valence-corrected chi connectivity index (χ4v) is 2.07. The Bertz CT molecular complexity index is 433. The zero-order valence-electron chi connectivity index (χ0n) is 10.7. The van der Waals surface area contributed by atoms with Crippen molar-refractivity contribution in [1.29, 1.82) is 0 Å². The van der Waals surface area contributed by atoms with E-state index in [0.717, 1.165) is 12.1 Å². The zero-order valence-corrected chi connectivity index (χ0v) is 11.5. The largest absolute Gasteiger partial charge is 0.416 e. The van der Waals surface area contributed by atoms with Crippen molar-refractivity contribution in [3.63, 3.8) is 0 Å². The standard InChI is InChI=1S/C13H16ClF4N/c1-3-12(2,6-7-14)19-11-5-4-9(8-10(11)15)13(16,17)18/h4-5,8,19H,3,6-7H2,1-2H3. The molecule has 1 unspecified atom stereocenters. The van der Waals surface area contributed by atoms with Crippen LogP contribution in [-0.4, -0.2) is 11.4 Å². The van der Waals surface area contributed by atoms with Crippen LogP contribution in [-0.2, 0) is 6.18 Å². The maximum absolute atomic E-state index is 13.7. The van der Waals surface area contributed by atoms with Crippen molar-refractivity contribution in [1.82, 2.24) is 0 Å². The van der Waals surface area contributed by atoms with Crippen LogP contribution in [0.5, 0.6) is 0 Å². The lowest BCUT2D eigenvalue weighted by Gasteiger charge is -2.30. The maximum atomic E-state index is 13.7. The van der Waals surface area contributed by atoms with Crippen LogP contribution in [0.3, 0.4) is 0 Å². The van der Waals surface area contributed by atoms with Crippen LogP contribution < -0.4 is 5.32 Å². The molecule has 0 spiro atoms. The molecule has 6 heteroatoms. The molecule has 0 fully saturated rings. The number of nitrogens with one attached hydrogen (secondary N) is 1. The van der Waals surface area contributed by atoms with Crippen molar-refractivity contribution >= 4 is 17.3 Å². The Morgan fingerprint density at radius 1 is 1.26 bits per heavy atom. The minimum atomic E-state index is -4.54. The molecule has 0 amide bonds. The van der Waals surface area contributed by atoms with Crippen molar-refractivity contribution in [2.24, 2.45) is 0 Å². The van der Waals surface area contributed by atoms with Crippen molar-refractivity contribution in [3.8, 4) is 0 Å². The molecule has 19 heavy (non-hydrogen) atoms. The number of alkyl halides is 4. The lowest BCUT2D eigenvalue weighted by molar-refractivity contribution is -0.137. The first kappa shape index (κ1) is 16.1. The quantitative estimate of drug-likeness (QED) is 0.592. The van der Waals surface area contributed by atoms with Gasteiger partial charge in [-0.1, -0.05) is 6.92 Å². The number of hydrogen-bond donors (Lipinski definition) is 1. The number of benzene rings is 1. The molecule has 0 aliphatic heterocycles. The first-order valence-corrected chi connectivity index (χ1v) is 6.46. The van der Waals surface area contributed by atoms with E-state index in [1.165, 1.54) is 0 Å². The third-order valence-corrected chi connectivity index (χ3v) is 3.35. The Balaban J connectivity index is 2.97. The molecule has 1 aromatic carbocycles. The molecular formula is C13H16ClF4N. The molecule has 0 aliphatic rings. The second-order valence-electron chi connectivity index (χ2n) is 4.67. The topological polar surface area (TPSA) is 12.0 Å². The van der Waals surface area contributed by atoms with E-state index >= 15 is 0 Å². The van der Waals surface area contributed by atoms with Gasteiger partial charge in [-0.3, -0.25) is 0 Å². The predicted octanol–water partition coefficient (Wildman–Crippen LogP) is 5.05. The van der Waals surface area contributed by atoms with Gasteiger partial charge in [0.25, 0.3) is 0 Å². The first-order chi connectivity index (χ1) is 8.72. The number of anilines is 1. The Morgan fingerprint density at radius 3 is 2.32 bits per heavy atom. The highest BCUT2D eigenvalue weighted by atomic mass is 35.5. The van der Waals surface area contributed by atoms with Gasteiger partial charge in [0.05, 0.1) is 11.3 Å². The molecule has 1 atom stereocenters. The van der Waals surface area contributed by atoms with Gasteiger partial charge in [-0.05, 0) is 38.0 Å². The fourth-order valence-electron chi connectivity index (χ4n) is 1.65. The molecule has 1 N–H and O–H groups in total. The molecule has 0 saturated heterocycles. The predicted molar refractivity (Wildman–Crippen MR) is 69.1 cm³/mol. The fraction of sp³-hybridized carbons (Fsp3) is 0.538. The number of halogens is 5. The third kappa shape index (κ3) is 4.27. The second kappa shape index (κ2) is 5.99. The summed E-state index contributed by atoms with van der Waals surface area (Å²) < 4.78 is 51.0. The van der Waals surface area contributed by atoms with E-state index in [4.69, 9.17) is 11.6 Å². The molecule has 1 aromatic rings. The summed E-state index contributed by atoms with van der Waals surface area (Å²) in [6.07, 6.45) is -3.27. The van der Waals surface area contributed by atoms with Gasteiger partial charge in [0.15, 0.2) is 0 Å². The van der Waals surface area contributed by atoms with Crippen molar-refractivity contribution in [2.45, 2.75) is 38.4 Å². The summed E-state index contributed by atoms with van der Waals surface area (Å²) in [7, 11) is 0. The van der Waals surface area contributed by atoms with Crippen LogP contribution in [0.1, 0.15) is 32.3 Å². The molecule has 108 valence electrons. The maximum Gasteiger partial charge on any atom is 0.416 e. The van der Waals surface area contributed by atoms with Gasteiger partial charge >= 0.3 is 6.18 Å². The summed E-state index contributed by atoms with van der Waals surface area (Å²) in [5.74, 6) is -0.524. The van der Waals surface area contributed by atoms with Crippen LogP contribution in [0.4, 0.5) is 23.2 Å². The van der Waals surface area contributed by atoms with E-state index in [9.17, 15) is 17.6 Å². The second-order valence-corrected chi connectivity index (χ2v) is 5.05. The molecule has 0 bridgehead atoms. The van der Waals surface area contributed by atoms with Crippen molar-refractivity contribution < 1.29 is 17.6 Å². The highest BCUT2D eigenvalue weighted by Crippen LogP contribution is 2.32. The van der Waals surface area contributed by atoms with Gasteiger partial charge in [0.2, 0.25) is 0 Å². The molecule has 1 rings (SSSR count). The van der Waals surface area contributed by atoms with E-state index in [0.29, 0.717) is 24.8 Å². The van der Waals surface area contributed by atoms with Crippen LogP contribution in [0, 0.1) is 5.82 Å². The average molecular weight is 298 g/mol. The summed E-state index contributed by atoms with van der Waals surface area (Å²) in [5, 5.41) is 2.93. The molecule has 0 aromatic heterocycles. The number of hydrogen-bond acceptors (Lipinski definition) is 1. The van der Waals surface area contributed by atoms with E-state index in [2.05, 4.69) is 5.32 Å².